The van der Waals surface area contributed by atoms with E-state index in [1.54, 1.807) is 55.9 Å². The molecular formula is C29H33N9O4S3. The van der Waals surface area contributed by atoms with E-state index in [1.165, 1.54) is 38.4 Å². The molecule has 0 bridgehead atoms. The van der Waals surface area contributed by atoms with Crippen LogP contribution in [0.2, 0.25) is 0 Å². The maximum absolute atomic E-state index is 12.0. The van der Waals surface area contributed by atoms with Crippen molar-refractivity contribution in [3.8, 4) is 0 Å². The van der Waals surface area contributed by atoms with E-state index in [0.717, 1.165) is 10.6 Å². The maximum Gasteiger partial charge on any atom is 0.240 e. The largest absolute Gasteiger partial charge is 0.324 e. The molecule has 4 rings (SSSR count). The first-order valence-electron chi connectivity index (χ1n) is 13.4. The van der Waals surface area contributed by atoms with Crippen molar-refractivity contribution < 1.29 is 16.8 Å². The number of anilines is 4. The molecule has 0 fully saturated rings. The highest BCUT2D eigenvalue weighted by atomic mass is 32.2. The molecule has 13 nitrogen and oxygen atoms in total. The summed E-state index contributed by atoms with van der Waals surface area (Å²) < 4.78 is 52.8. The lowest BCUT2D eigenvalue weighted by Crippen LogP contribution is -2.18. The molecule has 16 heteroatoms. The highest BCUT2D eigenvalue weighted by Gasteiger charge is 2.13. The van der Waals surface area contributed by atoms with Gasteiger partial charge < -0.3 is 5.32 Å². The fourth-order valence-corrected chi connectivity index (χ4v) is 5.69. The van der Waals surface area contributed by atoms with Gasteiger partial charge in [0.2, 0.25) is 26.0 Å². The third-order valence-corrected chi connectivity index (χ3v) is 10.1. The monoisotopic (exact) mass is 667 g/mol. The van der Waals surface area contributed by atoms with Gasteiger partial charge in [0.1, 0.15) is 0 Å². The van der Waals surface area contributed by atoms with E-state index in [9.17, 15) is 16.8 Å². The predicted molar refractivity (Wildman–Crippen MR) is 181 cm³/mol. The molecule has 1 heterocycles. The lowest BCUT2D eigenvalue weighted by Gasteiger charge is -2.11. The van der Waals surface area contributed by atoms with Gasteiger partial charge in [0.25, 0.3) is 0 Å². The first-order valence-corrected chi connectivity index (χ1v) is 17.6. The summed E-state index contributed by atoms with van der Waals surface area (Å²) in [7, 11) is -4.38. The number of aromatic nitrogens is 2. The Kier molecular flexibility index (Phi) is 10.9. The first-order chi connectivity index (χ1) is 21.4. The van der Waals surface area contributed by atoms with Crippen LogP contribution >= 0.6 is 11.8 Å². The third kappa shape index (κ3) is 8.86. The van der Waals surface area contributed by atoms with Crippen molar-refractivity contribution in [3.05, 3.63) is 90.0 Å². The van der Waals surface area contributed by atoms with Gasteiger partial charge in [-0.2, -0.15) is 20.2 Å². The summed E-state index contributed by atoms with van der Waals surface area (Å²) >= 11 is 1.64. The number of nitrogens with one attached hydrogen (secondary N) is 5. The Balaban J connectivity index is 1.59. The summed E-state index contributed by atoms with van der Waals surface area (Å²) in [4.78, 5) is 10.5. The summed E-state index contributed by atoms with van der Waals surface area (Å²) in [6, 6.07) is 22.1. The Morgan fingerprint density at radius 3 is 1.47 bits per heavy atom. The van der Waals surface area contributed by atoms with Gasteiger partial charge in [-0.15, -0.1) is 11.8 Å². The Hall–Kier alpha value is -4.35. The molecule has 0 saturated heterocycles. The molecule has 0 unspecified atom stereocenters. The van der Waals surface area contributed by atoms with Crippen molar-refractivity contribution in [1.29, 1.82) is 0 Å². The minimum atomic E-state index is -3.55. The van der Waals surface area contributed by atoms with Crippen LogP contribution in [-0.4, -0.2) is 58.6 Å². The molecule has 236 valence electrons. The van der Waals surface area contributed by atoms with Gasteiger partial charge in [0.15, 0.2) is 11.6 Å². The normalized spacial score (nSPS) is 12.6. The summed E-state index contributed by atoms with van der Waals surface area (Å²) in [5.41, 5.74) is 9.28. The fourth-order valence-electron chi connectivity index (χ4n) is 3.82. The summed E-state index contributed by atoms with van der Waals surface area (Å²) in [6.07, 6.45) is 2.00. The predicted octanol–water partition coefficient (Wildman–Crippen LogP) is 4.43. The van der Waals surface area contributed by atoms with Crippen LogP contribution in [0.25, 0.3) is 0 Å². The van der Waals surface area contributed by atoms with Crippen molar-refractivity contribution in [2.24, 2.45) is 10.2 Å². The van der Waals surface area contributed by atoms with Crippen molar-refractivity contribution in [3.63, 3.8) is 0 Å². The highest BCUT2D eigenvalue weighted by Crippen LogP contribution is 2.22. The summed E-state index contributed by atoms with van der Waals surface area (Å²) in [6.45, 7) is 3.56. The molecule has 0 radical (unpaired) electrons. The second-order valence-electron chi connectivity index (χ2n) is 9.40. The van der Waals surface area contributed by atoms with E-state index in [0.29, 0.717) is 34.2 Å². The van der Waals surface area contributed by atoms with E-state index in [4.69, 9.17) is 0 Å². The van der Waals surface area contributed by atoms with Crippen molar-refractivity contribution >= 4 is 66.5 Å². The van der Waals surface area contributed by atoms with E-state index in [-0.39, 0.29) is 15.7 Å². The van der Waals surface area contributed by atoms with Crippen molar-refractivity contribution in [1.82, 2.24) is 19.4 Å². The molecule has 4 aromatic rings. The molecule has 0 aliphatic heterocycles. The average molecular weight is 668 g/mol. The summed E-state index contributed by atoms with van der Waals surface area (Å²) in [5.74, 6) is 1.00. The molecule has 0 spiro atoms. The van der Waals surface area contributed by atoms with Crippen LogP contribution in [-0.2, 0) is 20.0 Å². The van der Waals surface area contributed by atoms with Gasteiger partial charge in [0, 0.05) is 16.6 Å². The topological polar surface area (TPSA) is 179 Å². The van der Waals surface area contributed by atoms with Crippen molar-refractivity contribution in [2.45, 2.75) is 28.5 Å². The number of benzene rings is 3. The van der Waals surface area contributed by atoms with Crippen LogP contribution in [0.4, 0.5) is 23.3 Å². The molecule has 0 saturated carbocycles. The van der Waals surface area contributed by atoms with Crippen LogP contribution in [0.1, 0.15) is 25.0 Å². The van der Waals surface area contributed by atoms with E-state index in [2.05, 4.69) is 45.8 Å². The van der Waals surface area contributed by atoms with Gasteiger partial charge in [-0.3, -0.25) is 10.9 Å². The zero-order chi connectivity index (χ0) is 32.6. The quantitative estimate of drug-likeness (QED) is 0.0778. The smallest absolute Gasteiger partial charge is 0.240 e. The maximum atomic E-state index is 12.0. The number of nitrogens with zero attached hydrogens (tertiary/aromatic N) is 4. The van der Waals surface area contributed by atoms with E-state index in [1.807, 2.05) is 30.5 Å². The number of thioether (sulfide) groups is 1. The molecule has 1 aromatic heterocycles. The first kappa shape index (κ1) is 33.5. The zero-order valence-electron chi connectivity index (χ0n) is 25.2. The minimum absolute atomic E-state index is 0.150. The standard InChI is InChI=1S/C29H33N9O4S3/c1-19(21-6-14-25(15-7-21)44(39,40)30-3)35-37-27-18-28(34-29(33-27)32-23-10-12-24(43-5)13-11-23)38-36-20(2)22-8-16-26(17-9-22)45(41,42)31-4/h6-18,30-31H,1-5H3,(H3,32,33,34,37,38). The second-order valence-corrected chi connectivity index (χ2v) is 14.1. The fraction of sp³-hybridized carbons (Fsp3) is 0.172. The summed E-state index contributed by atoms with van der Waals surface area (Å²) in [5, 5.41) is 12.1. The Morgan fingerprint density at radius 1 is 0.667 bits per heavy atom. The number of rotatable bonds is 13. The van der Waals surface area contributed by atoms with Gasteiger partial charge in [-0.1, -0.05) is 24.3 Å². The number of hydrogen-bond acceptors (Lipinski definition) is 12. The van der Waals surface area contributed by atoms with Crippen LogP contribution in [0.15, 0.2) is 104 Å². The van der Waals surface area contributed by atoms with Gasteiger partial charge >= 0.3 is 0 Å². The molecular weight excluding hydrogens is 635 g/mol. The van der Waals surface area contributed by atoms with Crippen LogP contribution in [0.5, 0.6) is 0 Å². The molecule has 5 N–H and O–H groups in total. The molecule has 0 atom stereocenters. The number of hydrazone groups is 2. The van der Waals surface area contributed by atoms with E-state index < -0.39 is 20.0 Å². The molecule has 0 aliphatic carbocycles. The van der Waals surface area contributed by atoms with E-state index >= 15 is 0 Å². The lowest BCUT2D eigenvalue weighted by atomic mass is 10.1. The third-order valence-electron chi connectivity index (χ3n) is 6.45. The van der Waals surface area contributed by atoms with Crippen molar-refractivity contribution in [2.75, 3.05) is 36.5 Å². The molecule has 0 amide bonds. The average Bonchev–Trinajstić information content (AvgIpc) is 3.06. The Morgan fingerprint density at radius 2 is 1.09 bits per heavy atom. The highest BCUT2D eigenvalue weighted by molar-refractivity contribution is 7.98. The number of sulfonamides is 2. The molecule has 45 heavy (non-hydrogen) atoms. The second kappa shape index (κ2) is 14.6. The Bertz CT molecular complexity index is 1800. The molecule has 3 aromatic carbocycles. The zero-order valence-corrected chi connectivity index (χ0v) is 27.6. The number of hydrogen-bond donors (Lipinski definition) is 5. The van der Waals surface area contributed by atoms with Crippen LogP contribution in [0, 0.1) is 0 Å². The van der Waals surface area contributed by atoms with Gasteiger partial charge in [-0.25, -0.2) is 26.3 Å². The SMILES string of the molecule is CNS(=O)(=O)c1ccc(C(C)=NNc2cc(NN=C(C)c3ccc(S(=O)(=O)NC)cc3)nc(Nc3ccc(SC)cc3)n2)cc1. The molecule has 0 aliphatic rings. The Labute approximate surface area is 267 Å². The minimum Gasteiger partial charge on any atom is -0.324 e. The van der Waals surface area contributed by atoms with Crippen LogP contribution in [0.3, 0.4) is 0 Å². The van der Waals surface area contributed by atoms with Crippen LogP contribution < -0.4 is 25.6 Å². The lowest BCUT2D eigenvalue weighted by molar-refractivity contribution is 0.586. The van der Waals surface area contributed by atoms with Gasteiger partial charge in [-0.05, 0) is 93.9 Å². The van der Waals surface area contributed by atoms with Gasteiger partial charge in [0.05, 0.1) is 21.2 Å².